The Balaban J connectivity index is 1.80. The molecule has 2 amide bonds. The van der Waals surface area contributed by atoms with Gasteiger partial charge < -0.3 is 14.8 Å². The fourth-order valence-electron chi connectivity index (χ4n) is 4.18. The maximum Gasteiger partial charge on any atom is 0.246 e. The molecule has 5 heteroatoms. The number of hydrogen-bond acceptors (Lipinski definition) is 2. The summed E-state index contributed by atoms with van der Waals surface area (Å²) >= 11 is 0. The van der Waals surface area contributed by atoms with Crippen molar-refractivity contribution in [1.29, 1.82) is 0 Å². The van der Waals surface area contributed by atoms with E-state index in [0.717, 1.165) is 17.6 Å². The molecule has 0 spiro atoms. The van der Waals surface area contributed by atoms with Gasteiger partial charge in [0.1, 0.15) is 12.6 Å². The van der Waals surface area contributed by atoms with Crippen molar-refractivity contribution in [3.8, 4) is 0 Å². The normalized spacial score (nSPS) is 25.0. The zero-order valence-corrected chi connectivity index (χ0v) is 14.4. The van der Waals surface area contributed by atoms with Gasteiger partial charge in [0.05, 0.1) is 6.04 Å². The number of rotatable bonds is 2. The summed E-state index contributed by atoms with van der Waals surface area (Å²) in [6, 6.07) is 7.80. The van der Waals surface area contributed by atoms with E-state index in [1.807, 2.05) is 26.0 Å². The highest BCUT2D eigenvalue weighted by Crippen LogP contribution is 2.39. The number of benzene rings is 1. The Morgan fingerprint density at radius 1 is 1.29 bits per heavy atom. The standard InChI is InChI=1S/C19H23N3O2/c1-4-11(2)21-10-17(23)22-12(3)18-14(9-16(22)19(21)24)13-7-5-6-8-15(13)20-18/h5-8,11-12,16,20H,4,9-10H2,1-3H3. The lowest BCUT2D eigenvalue weighted by molar-refractivity contribution is -0.161. The number of carbonyl (C=O) groups is 2. The molecule has 0 saturated carbocycles. The minimum absolute atomic E-state index is 0.0525. The van der Waals surface area contributed by atoms with Crippen LogP contribution in [0.1, 0.15) is 44.5 Å². The minimum Gasteiger partial charge on any atom is -0.356 e. The van der Waals surface area contributed by atoms with Crippen LogP contribution in [0.15, 0.2) is 24.3 Å². The van der Waals surface area contributed by atoms with Gasteiger partial charge in [0.25, 0.3) is 0 Å². The largest absolute Gasteiger partial charge is 0.356 e. The quantitative estimate of drug-likeness (QED) is 0.923. The van der Waals surface area contributed by atoms with E-state index in [1.54, 1.807) is 9.80 Å². The zero-order valence-electron chi connectivity index (χ0n) is 14.4. The number of aromatic amines is 1. The number of fused-ring (bicyclic) bond motifs is 4. The summed E-state index contributed by atoms with van der Waals surface area (Å²) < 4.78 is 0. The Morgan fingerprint density at radius 2 is 2.04 bits per heavy atom. The summed E-state index contributed by atoms with van der Waals surface area (Å²) in [4.78, 5) is 32.8. The molecular weight excluding hydrogens is 302 g/mol. The summed E-state index contributed by atoms with van der Waals surface area (Å²) in [6.45, 7) is 6.29. The van der Waals surface area contributed by atoms with Crippen molar-refractivity contribution in [2.24, 2.45) is 0 Å². The predicted molar refractivity (Wildman–Crippen MR) is 92.5 cm³/mol. The lowest BCUT2D eigenvalue weighted by atomic mass is 9.89. The van der Waals surface area contributed by atoms with Gasteiger partial charge in [0.2, 0.25) is 11.8 Å². The number of nitrogens with zero attached hydrogens (tertiary/aromatic N) is 2. The smallest absolute Gasteiger partial charge is 0.246 e. The Morgan fingerprint density at radius 3 is 2.79 bits per heavy atom. The van der Waals surface area contributed by atoms with Crippen LogP contribution in [-0.2, 0) is 16.0 Å². The summed E-state index contributed by atoms with van der Waals surface area (Å²) in [5, 5.41) is 1.17. The minimum atomic E-state index is -0.373. The van der Waals surface area contributed by atoms with E-state index >= 15 is 0 Å². The monoisotopic (exact) mass is 325 g/mol. The first kappa shape index (κ1) is 15.2. The first-order valence-corrected chi connectivity index (χ1v) is 8.74. The average molecular weight is 325 g/mol. The fourth-order valence-corrected chi connectivity index (χ4v) is 4.18. The Bertz CT molecular complexity index is 825. The Labute approximate surface area is 141 Å². The average Bonchev–Trinajstić information content (AvgIpc) is 2.96. The first-order valence-electron chi connectivity index (χ1n) is 8.74. The van der Waals surface area contributed by atoms with Gasteiger partial charge in [-0.15, -0.1) is 0 Å². The molecule has 126 valence electrons. The molecule has 1 aromatic heterocycles. The van der Waals surface area contributed by atoms with Crippen LogP contribution in [0, 0.1) is 0 Å². The van der Waals surface area contributed by atoms with E-state index in [9.17, 15) is 9.59 Å². The molecule has 0 radical (unpaired) electrons. The zero-order chi connectivity index (χ0) is 17.0. The Hall–Kier alpha value is -2.30. The highest BCUT2D eigenvalue weighted by Gasteiger charge is 2.46. The van der Waals surface area contributed by atoms with E-state index < -0.39 is 0 Å². The second kappa shape index (κ2) is 5.36. The van der Waals surface area contributed by atoms with Crippen molar-refractivity contribution in [2.45, 2.75) is 51.7 Å². The van der Waals surface area contributed by atoms with Gasteiger partial charge in [-0.25, -0.2) is 0 Å². The maximum absolute atomic E-state index is 13.0. The molecule has 1 aromatic carbocycles. The molecule has 1 N–H and O–H groups in total. The summed E-state index contributed by atoms with van der Waals surface area (Å²) in [5.74, 6) is 0.142. The number of carbonyl (C=O) groups excluding carboxylic acids is 2. The third kappa shape index (κ3) is 2.00. The van der Waals surface area contributed by atoms with E-state index in [4.69, 9.17) is 0 Å². The van der Waals surface area contributed by atoms with Gasteiger partial charge >= 0.3 is 0 Å². The van der Waals surface area contributed by atoms with Crippen LogP contribution >= 0.6 is 0 Å². The van der Waals surface area contributed by atoms with Gasteiger partial charge in [0, 0.05) is 29.1 Å². The maximum atomic E-state index is 13.0. The number of piperazine rings is 1. The molecule has 2 aliphatic heterocycles. The predicted octanol–water partition coefficient (Wildman–Crippen LogP) is 2.62. The van der Waals surface area contributed by atoms with E-state index in [0.29, 0.717) is 6.42 Å². The molecule has 3 atom stereocenters. The highest BCUT2D eigenvalue weighted by molar-refractivity contribution is 5.97. The van der Waals surface area contributed by atoms with Crippen LogP contribution < -0.4 is 0 Å². The molecule has 5 nitrogen and oxygen atoms in total. The molecular formula is C19H23N3O2. The van der Waals surface area contributed by atoms with Crippen molar-refractivity contribution < 1.29 is 9.59 Å². The number of aromatic nitrogens is 1. The fraction of sp³-hybridized carbons (Fsp3) is 0.474. The third-order valence-electron chi connectivity index (χ3n) is 5.70. The number of nitrogens with one attached hydrogen (secondary N) is 1. The van der Waals surface area contributed by atoms with Crippen molar-refractivity contribution in [3.63, 3.8) is 0 Å². The number of hydrogen-bond donors (Lipinski definition) is 1. The molecule has 1 fully saturated rings. The first-order chi connectivity index (χ1) is 11.5. The molecule has 3 heterocycles. The van der Waals surface area contributed by atoms with Crippen LogP contribution in [0.25, 0.3) is 10.9 Å². The van der Waals surface area contributed by atoms with Crippen molar-refractivity contribution in [2.75, 3.05) is 6.54 Å². The van der Waals surface area contributed by atoms with Crippen LogP contribution in [0.3, 0.4) is 0 Å². The molecule has 2 aliphatic rings. The molecule has 0 aliphatic carbocycles. The molecule has 24 heavy (non-hydrogen) atoms. The lowest BCUT2D eigenvalue weighted by Crippen LogP contribution is -2.64. The van der Waals surface area contributed by atoms with Gasteiger partial charge in [0.15, 0.2) is 0 Å². The second-order valence-electron chi connectivity index (χ2n) is 6.98. The molecule has 1 saturated heterocycles. The number of H-pyrrole nitrogens is 1. The summed E-state index contributed by atoms with van der Waals surface area (Å²) in [7, 11) is 0. The van der Waals surface area contributed by atoms with Crippen LogP contribution in [-0.4, -0.2) is 45.2 Å². The van der Waals surface area contributed by atoms with E-state index in [1.165, 1.54) is 10.9 Å². The molecule has 0 bridgehead atoms. The second-order valence-corrected chi connectivity index (χ2v) is 6.98. The number of para-hydroxylation sites is 1. The third-order valence-corrected chi connectivity index (χ3v) is 5.70. The van der Waals surface area contributed by atoms with E-state index in [2.05, 4.69) is 24.0 Å². The highest BCUT2D eigenvalue weighted by atomic mass is 16.2. The van der Waals surface area contributed by atoms with E-state index in [-0.39, 0.29) is 36.5 Å². The number of amides is 2. The van der Waals surface area contributed by atoms with Crippen molar-refractivity contribution >= 4 is 22.7 Å². The molecule has 4 rings (SSSR count). The van der Waals surface area contributed by atoms with Crippen molar-refractivity contribution in [1.82, 2.24) is 14.8 Å². The van der Waals surface area contributed by atoms with Gasteiger partial charge in [-0.1, -0.05) is 25.1 Å². The topological polar surface area (TPSA) is 56.4 Å². The molecule has 3 unspecified atom stereocenters. The van der Waals surface area contributed by atoms with Crippen LogP contribution in [0.4, 0.5) is 0 Å². The van der Waals surface area contributed by atoms with Crippen LogP contribution in [0.2, 0.25) is 0 Å². The van der Waals surface area contributed by atoms with Crippen molar-refractivity contribution in [3.05, 3.63) is 35.5 Å². The molecule has 2 aromatic rings. The Kier molecular flexibility index (Phi) is 3.41. The SMILES string of the molecule is CCC(C)N1CC(=O)N2C(Cc3c([nH]c4ccccc34)C2C)C1=O. The van der Waals surface area contributed by atoms with Gasteiger partial charge in [-0.05, 0) is 31.9 Å². The van der Waals surface area contributed by atoms with Crippen LogP contribution in [0.5, 0.6) is 0 Å². The van der Waals surface area contributed by atoms with Gasteiger partial charge in [-0.3, -0.25) is 9.59 Å². The summed E-state index contributed by atoms with van der Waals surface area (Å²) in [5.41, 5.74) is 3.34. The van der Waals surface area contributed by atoms with Gasteiger partial charge in [-0.2, -0.15) is 0 Å². The lowest BCUT2D eigenvalue weighted by Gasteiger charge is -2.47. The summed E-state index contributed by atoms with van der Waals surface area (Å²) in [6.07, 6.45) is 1.46.